The number of benzene rings is 1. The Hall–Kier alpha value is -3.02. The van der Waals surface area contributed by atoms with E-state index in [1.54, 1.807) is 30.7 Å². The second-order valence-electron chi connectivity index (χ2n) is 6.12. The van der Waals surface area contributed by atoms with E-state index < -0.39 is 0 Å². The highest BCUT2D eigenvalue weighted by atomic mass is 16.2. The zero-order chi connectivity index (χ0) is 17.8. The summed E-state index contributed by atoms with van der Waals surface area (Å²) in [6.45, 7) is 3.94. The van der Waals surface area contributed by atoms with Crippen molar-refractivity contribution in [2.45, 2.75) is 32.9 Å². The molecule has 128 valence electrons. The van der Waals surface area contributed by atoms with Gasteiger partial charge in [0.15, 0.2) is 5.43 Å². The van der Waals surface area contributed by atoms with E-state index in [9.17, 15) is 9.59 Å². The molecule has 0 bridgehead atoms. The van der Waals surface area contributed by atoms with Crippen molar-refractivity contribution in [2.24, 2.45) is 0 Å². The molecule has 0 saturated heterocycles. The van der Waals surface area contributed by atoms with Crippen LogP contribution in [0.3, 0.4) is 0 Å². The molecule has 0 spiro atoms. The maximum atomic E-state index is 12.4. The number of nitrogens with zero attached hydrogens (tertiary/aromatic N) is 3. The van der Waals surface area contributed by atoms with Gasteiger partial charge in [-0.25, -0.2) is 0 Å². The lowest BCUT2D eigenvalue weighted by molar-refractivity contribution is -0.122. The van der Waals surface area contributed by atoms with Gasteiger partial charge in [0.25, 0.3) is 0 Å². The molecule has 1 amide bonds. The SMILES string of the molecule is Cc1cc(=O)c2ccccc2n1CC(=O)N[C@H](C)Cc1cnccn1. The summed E-state index contributed by atoms with van der Waals surface area (Å²) in [4.78, 5) is 32.8. The molecule has 0 unspecified atom stereocenters. The third kappa shape index (κ3) is 3.91. The van der Waals surface area contributed by atoms with Crippen molar-refractivity contribution >= 4 is 16.8 Å². The number of carbonyl (C=O) groups is 1. The summed E-state index contributed by atoms with van der Waals surface area (Å²) in [6, 6.07) is 8.84. The van der Waals surface area contributed by atoms with Crippen molar-refractivity contribution in [3.63, 3.8) is 0 Å². The Balaban J connectivity index is 1.75. The van der Waals surface area contributed by atoms with Gasteiger partial charge in [0.05, 0.1) is 11.2 Å². The number of fused-ring (bicyclic) bond motifs is 1. The highest BCUT2D eigenvalue weighted by Gasteiger charge is 2.12. The van der Waals surface area contributed by atoms with Gasteiger partial charge in [-0.3, -0.25) is 19.6 Å². The molecule has 0 radical (unpaired) electrons. The molecule has 2 aromatic heterocycles. The lowest BCUT2D eigenvalue weighted by atomic mass is 10.1. The Kier molecular flexibility index (Phi) is 4.88. The van der Waals surface area contributed by atoms with Crippen LogP contribution >= 0.6 is 0 Å². The number of para-hydroxylation sites is 1. The number of aryl methyl sites for hydroxylation is 1. The van der Waals surface area contributed by atoms with Crippen LogP contribution in [0.4, 0.5) is 0 Å². The molecule has 1 atom stereocenters. The largest absolute Gasteiger partial charge is 0.352 e. The van der Waals surface area contributed by atoms with Crippen molar-refractivity contribution in [3.05, 3.63) is 70.5 Å². The lowest BCUT2D eigenvalue weighted by Gasteiger charge is -2.17. The summed E-state index contributed by atoms with van der Waals surface area (Å²) in [5.74, 6) is -0.103. The minimum atomic E-state index is -0.103. The minimum absolute atomic E-state index is 0.0271. The number of amides is 1. The fourth-order valence-corrected chi connectivity index (χ4v) is 2.93. The van der Waals surface area contributed by atoms with Crippen molar-refractivity contribution < 1.29 is 4.79 Å². The standard InChI is InChI=1S/C19H20N4O2/c1-13(9-15-11-20-7-8-21-15)22-19(25)12-23-14(2)10-18(24)16-5-3-4-6-17(16)23/h3-8,10-11,13H,9,12H2,1-2H3,(H,22,25)/t13-/m1/s1. The van der Waals surface area contributed by atoms with E-state index in [0.29, 0.717) is 11.8 Å². The number of carbonyl (C=O) groups excluding carboxylic acids is 1. The first kappa shape index (κ1) is 16.8. The van der Waals surface area contributed by atoms with Gasteiger partial charge in [-0.2, -0.15) is 0 Å². The van der Waals surface area contributed by atoms with Crippen LogP contribution in [0, 0.1) is 6.92 Å². The van der Waals surface area contributed by atoms with Gasteiger partial charge in [0, 0.05) is 48.2 Å². The summed E-state index contributed by atoms with van der Waals surface area (Å²) < 4.78 is 1.86. The summed E-state index contributed by atoms with van der Waals surface area (Å²) in [6.07, 6.45) is 5.57. The third-order valence-corrected chi connectivity index (χ3v) is 4.07. The average molecular weight is 336 g/mol. The Morgan fingerprint density at radius 2 is 2.08 bits per heavy atom. The quantitative estimate of drug-likeness (QED) is 0.771. The van der Waals surface area contributed by atoms with E-state index in [0.717, 1.165) is 16.9 Å². The molecule has 1 N–H and O–H groups in total. The monoisotopic (exact) mass is 336 g/mol. The van der Waals surface area contributed by atoms with Crippen LogP contribution < -0.4 is 10.7 Å². The number of hydrogen-bond acceptors (Lipinski definition) is 4. The van der Waals surface area contributed by atoms with Crippen LogP contribution in [0.1, 0.15) is 18.3 Å². The molecule has 0 saturated carbocycles. The number of nitrogens with one attached hydrogen (secondary N) is 1. The van der Waals surface area contributed by atoms with Gasteiger partial charge in [0.1, 0.15) is 6.54 Å². The first-order chi connectivity index (χ1) is 12.0. The Bertz CT molecular complexity index is 951. The fourth-order valence-electron chi connectivity index (χ4n) is 2.93. The van der Waals surface area contributed by atoms with E-state index in [2.05, 4.69) is 15.3 Å². The van der Waals surface area contributed by atoms with Gasteiger partial charge < -0.3 is 9.88 Å². The van der Waals surface area contributed by atoms with E-state index in [1.165, 1.54) is 0 Å². The molecule has 3 aromatic rings. The summed E-state index contributed by atoms with van der Waals surface area (Å²) >= 11 is 0. The lowest BCUT2D eigenvalue weighted by Crippen LogP contribution is -2.37. The van der Waals surface area contributed by atoms with Crippen molar-refractivity contribution in [3.8, 4) is 0 Å². The molecule has 0 fully saturated rings. The molecular formula is C19H20N4O2. The van der Waals surface area contributed by atoms with Crippen LogP contribution in [0.5, 0.6) is 0 Å². The van der Waals surface area contributed by atoms with E-state index in [-0.39, 0.29) is 23.9 Å². The van der Waals surface area contributed by atoms with Crippen LogP contribution in [0.2, 0.25) is 0 Å². The Morgan fingerprint density at radius 1 is 1.28 bits per heavy atom. The second kappa shape index (κ2) is 7.25. The summed E-state index contributed by atoms with van der Waals surface area (Å²) in [5.41, 5.74) is 2.34. The molecule has 0 aliphatic carbocycles. The topological polar surface area (TPSA) is 76.9 Å². The van der Waals surface area contributed by atoms with Crippen molar-refractivity contribution in [1.29, 1.82) is 0 Å². The first-order valence-electron chi connectivity index (χ1n) is 8.18. The number of hydrogen-bond donors (Lipinski definition) is 1. The highest BCUT2D eigenvalue weighted by Crippen LogP contribution is 2.12. The molecule has 2 heterocycles. The molecule has 1 aromatic carbocycles. The van der Waals surface area contributed by atoms with E-state index >= 15 is 0 Å². The molecule has 6 nitrogen and oxygen atoms in total. The smallest absolute Gasteiger partial charge is 0.240 e. The van der Waals surface area contributed by atoms with Gasteiger partial charge in [0.2, 0.25) is 5.91 Å². The highest BCUT2D eigenvalue weighted by molar-refractivity contribution is 5.82. The molecule has 6 heteroatoms. The third-order valence-electron chi connectivity index (χ3n) is 4.07. The molecular weight excluding hydrogens is 316 g/mol. The van der Waals surface area contributed by atoms with E-state index in [1.807, 2.05) is 36.6 Å². The predicted molar refractivity (Wildman–Crippen MR) is 96.3 cm³/mol. The molecule has 3 rings (SSSR count). The zero-order valence-electron chi connectivity index (χ0n) is 14.3. The summed E-state index contributed by atoms with van der Waals surface area (Å²) in [7, 11) is 0. The maximum Gasteiger partial charge on any atom is 0.240 e. The number of aromatic nitrogens is 3. The number of rotatable bonds is 5. The van der Waals surface area contributed by atoms with Gasteiger partial charge in [-0.1, -0.05) is 12.1 Å². The first-order valence-corrected chi connectivity index (χ1v) is 8.18. The molecule has 25 heavy (non-hydrogen) atoms. The Morgan fingerprint density at radius 3 is 2.84 bits per heavy atom. The van der Waals surface area contributed by atoms with Crippen LogP contribution in [-0.2, 0) is 17.8 Å². The summed E-state index contributed by atoms with van der Waals surface area (Å²) in [5, 5.41) is 3.60. The fraction of sp³-hybridized carbons (Fsp3) is 0.263. The van der Waals surface area contributed by atoms with Gasteiger partial charge in [-0.15, -0.1) is 0 Å². The van der Waals surface area contributed by atoms with Crippen molar-refractivity contribution in [2.75, 3.05) is 0 Å². The molecule has 0 aliphatic rings. The maximum absolute atomic E-state index is 12.4. The van der Waals surface area contributed by atoms with Crippen molar-refractivity contribution in [1.82, 2.24) is 19.9 Å². The van der Waals surface area contributed by atoms with Crippen LogP contribution in [-0.4, -0.2) is 26.5 Å². The van der Waals surface area contributed by atoms with Crippen LogP contribution in [0.25, 0.3) is 10.9 Å². The minimum Gasteiger partial charge on any atom is -0.352 e. The van der Waals surface area contributed by atoms with Crippen LogP contribution in [0.15, 0.2) is 53.7 Å². The molecule has 0 aliphatic heterocycles. The Labute approximate surface area is 145 Å². The predicted octanol–water partition coefficient (Wildman–Crippen LogP) is 1.85. The van der Waals surface area contributed by atoms with Gasteiger partial charge in [-0.05, 0) is 26.0 Å². The normalized spacial score (nSPS) is 12.1. The van der Waals surface area contributed by atoms with Gasteiger partial charge >= 0.3 is 0 Å². The zero-order valence-corrected chi connectivity index (χ0v) is 14.3. The average Bonchev–Trinajstić information content (AvgIpc) is 2.59. The second-order valence-corrected chi connectivity index (χ2v) is 6.12. The number of pyridine rings is 1. The van der Waals surface area contributed by atoms with E-state index in [4.69, 9.17) is 0 Å².